The van der Waals surface area contributed by atoms with Crippen LogP contribution in [0.5, 0.6) is 5.75 Å². The monoisotopic (exact) mass is 192 g/mol. The van der Waals surface area contributed by atoms with Gasteiger partial charge in [0.1, 0.15) is 11.3 Å². The van der Waals surface area contributed by atoms with Crippen molar-refractivity contribution in [1.29, 1.82) is 0 Å². The van der Waals surface area contributed by atoms with E-state index < -0.39 is 0 Å². The van der Waals surface area contributed by atoms with Crippen molar-refractivity contribution >= 4 is 17.0 Å². The third kappa shape index (κ3) is 1.10. The van der Waals surface area contributed by atoms with Crippen molar-refractivity contribution in [1.82, 2.24) is 9.55 Å². The smallest absolute Gasteiger partial charge is 0.218 e. The zero-order valence-electron chi connectivity index (χ0n) is 7.86. The van der Waals surface area contributed by atoms with E-state index >= 15 is 0 Å². The van der Waals surface area contributed by atoms with Gasteiger partial charge in [-0.1, -0.05) is 6.07 Å². The SMILES string of the molecule is CCn1c(NN)nc2cccc(O)c21. The third-order valence-electron chi connectivity index (χ3n) is 2.19. The number of nitrogen functional groups attached to an aromatic ring is 1. The van der Waals surface area contributed by atoms with Crippen molar-refractivity contribution in [3.8, 4) is 5.75 Å². The predicted octanol–water partition coefficient (Wildman–Crippen LogP) is 1.05. The Bertz CT molecular complexity index is 463. The van der Waals surface area contributed by atoms with Gasteiger partial charge in [0.25, 0.3) is 0 Å². The number of nitrogens with zero attached hydrogens (tertiary/aromatic N) is 2. The normalized spacial score (nSPS) is 10.7. The van der Waals surface area contributed by atoms with Crippen LogP contribution in [-0.4, -0.2) is 14.7 Å². The summed E-state index contributed by atoms with van der Waals surface area (Å²) in [6, 6.07) is 5.23. The number of imidazole rings is 1. The van der Waals surface area contributed by atoms with Gasteiger partial charge in [0, 0.05) is 6.54 Å². The van der Waals surface area contributed by atoms with Crippen molar-refractivity contribution in [2.24, 2.45) is 5.84 Å². The quantitative estimate of drug-likeness (QED) is 0.491. The highest BCUT2D eigenvalue weighted by Crippen LogP contribution is 2.26. The summed E-state index contributed by atoms with van der Waals surface area (Å²) in [5, 5.41) is 9.66. The Labute approximate surface area is 81.1 Å². The molecule has 0 aliphatic heterocycles. The summed E-state index contributed by atoms with van der Waals surface area (Å²) in [5.41, 5.74) is 3.95. The number of phenolic OH excluding ortho intramolecular Hbond substituents is 1. The Balaban J connectivity index is 2.81. The van der Waals surface area contributed by atoms with Crippen LogP contribution in [0.1, 0.15) is 6.92 Å². The maximum atomic E-state index is 9.66. The van der Waals surface area contributed by atoms with Crippen LogP contribution in [0.3, 0.4) is 0 Å². The first-order valence-corrected chi connectivity index (χ1v) is 4.42. The number of para-hydroxylation sites is 1. The third-order valence-corrected chi connectivity index (χ3v) is 2.19. The molecule has 0 spiro atoms. The first kappa shape index (κ1) is 8.83. The molecule has 5 nitrogen and oxygen atoms in total. The highest BCUT2D eigenvalue weighted by Gasteiger charge is 2.10. The largest absolute Gasteiger partial charge is 0.506 e. The maximum Gasteiger partial charge on any atom is 0.218 e. The fraction of sp³-hybridized carbons (Fsp3) is 0.222. The van der Waals surface area contributed by atoms with Gasteiger partial charge in [0.2, 0.25) is 5.95 Å². The van der Waals surface area contributed by atoms with Crippen molar-refractivity contribution in [2.45, 2.75) is 13.5 Å². The van der Waals surface area contributed by atoms with Gasteiger partial charge >= 0.3 is 0 Å². The van der Waals surface area contributed by atoms with Gasteiger partial charge in [0.05, 0.1) is 5.52 Å². The summed E-state index contributed by atoms with van der Waals surface area (Å²) >= 11 is 0. The van der Waals surface area contributed by atoms with E-state index in [1.54, 1.807) is 12.1 Å². The first-order chi connectivity index (χ1) is 6.77. The summed E-state index contributed by atoms with van der Waals surface area (Å²) in [6.07, 6.45) is 0. The minimum absolute atomic E-state index is 0.221. The molecule has 0 atom stereocenters. The number of nitrogens with two attached hydrogens (primary N) is 1. The van der Waals surface area contributed by atoms with Gasteiger partial charge in [-0.15, -0.1) is 0 Å². The van der Waals surface area contributed by atoms with Gasteiger partial charge in [-0.05, 0) is 19.1 Å². The Morgan fingerprint density at radius 2 is 2.36 bits per heavy atom. The number of aromatic nitrogens is 2. The second kappa shape index (κ2) is 3.19. The molecule has 0 fully saturated rings. The first-order valence-electron chi connectivity index (χ1n) is 4.42. The molecule has 0 unspecified atom stereocenters. The summed E-state index contributed by atoms with van der Waals surface area (Å²) in [5.74, 6) is 6.11. The number of aryl methyl sites for hydroxylation is 1. The summed E-state index contributed by atoms with van der Waals surface area (Å²) in [4.78, 5) is 4.23. The Hall–Kier alpha value is -1.75. The van der Waals surface area contributed by atoms with Crippen LogP contribution in [0.25, 0.3) is 11.0 Å². The molecule has 14 heavy (non-hydrogen) atoms. The average molecular weight is 192 g/mol. The molecule has 0 radical (unpaired) electrons. The lowest BCUT2D eigenvalue weighted by atomic mass is 10.3. The number of hydrogen-bond acceptors (Lipinski definition) is 4. The highest BCUT2D eigenvalue weighted by molar-refractivity contribution is 5.84. The number of rotatable bonds is 2. The number of hydrogen-bond donors (Lipinski definition) is 3. The van der Waals surface area contributed by atoms with Gasteiger partial charge in [-0.25, -0.2) is 10.8 Å². The number of benzene rings is 1. The maximum absolute atomic E-state index is 9.66. The lowest BCUT2D eigenvalue weighted by molar-refractivity contribution is 0.478. The average Bonchev–Trinajstić information content (AvgIpc) is 2.56. The van der Waals surface area contributed by atoms with Gasteiger partial charge < -0.3 is 9.67 Å². The molecule has 2 rings (SSSR count). The standard InChI is InChI=1S/C9H12N4O/c1-2-13-8-6(11-9(13)12-10)4-3-5-7(8)14/h3-5,14H,2,10H2,1H3,(H,11,12). The van der Waals surface area contributed by atoms with E-state index in [0.29, 0.717) is 18.0 Å². The zero-order chi connectivity index (χ0) is 10.1. The number of phenols is 1. The topological polar surface area (TPSA) is 76.1 Å². The molecule has 0 bridgehead atoms. The predicted molar refractivity (Wildman–Crippen MR) is 54.9 cm³/mol. The second-order valence-electron chi connectivity index (χ2n) is 2.97. The van der Waals surface area contributed by atoms with E-state index in [9.17, 15) is 5.11 Å². The van der Waals surface area contributed by atoms with Crippen LogP contribution in [0.2, 0.25) is 0 Å². The molecule has 0 amide bonds. The van der Waals surface area contributed by atoms with E-state index in [4.69, 9.17) is 5.84 Å². The molecular weight excluding hydrogens is 180 g/mol. The van der Waals surface area contributed by atoms with Gasteiger partial charge in [-0.3, -0.25) is 5.43 Å². The fourth-order valence-electron chi connectivity index (χ4n) is 1.58. The molecule has 74 valence electrons. The summed E-state index contributed by atoms with van der Waals surface area (Å²) in [6.45, 7) is 2.67. The summed E-state index contributed by atoms with van der Waals surface area (Å²) in [7, 11) is 0. The van der Waals surface area contributed by atoms with E-state index in [1.807, 2.05) is 17.6 Å². The van der Waals surface area contributed by atoms with E-state index in [0.717, 1.165) is 5.52 Å². The van der Waals surface area contributed by atoms with Crippen molar-refractivity contribution in [2.75, 3.05) is 5.43 Å². The minimum Gasteiger partial charge on any atom is -0.506 e. The zero-order valence-corrected chi connectivity index (χ0v) is 7.86. The molecule has 1 aromatic heterocycles. The van der Waals surface area contributed by atoms with E-state index in [1.165, 1.54) is 0 Å². The molecule has 1 heterocycles. The van der Waals surface area contributed by atoms with Crippen LogP contribution >= 0.6 is 0 Å². The number of fused-ring (bicyclic) bond motifs is 1. The number of nitrogens with one attached hydrogen (secondary N) is 1. The molecule has 4 N–H and O–H groups in total. The lowest BCUT2D eigenvalue weighted by Crippen LogP contribution is -2.12. The molecule has 5 heteroatoms. The van der Waals surface area contributed by atoms with Crippen LogP contribution in [-0.2, 0) is 6.54 Å². The molecule has 0 aliphatic rings. The molecule has 2 aromatic rings. The minimum atomic E-state index is 0.221. The Kier molecular flexibility index (Phi) is 2.01. The van der Waals surface area contributed by atoms with Gasteiger partial charge in [-0.2, -0.15) is 0 Å². The van der Waals surface area contributed by atoms with Crippen LogP contribution in [0.4, 0.5) is 5.95 Å². The van der Waals surface area contributed by atoms with E-state index in [2.05, 4.69) is 10.4 Å². The van der Waals surface area contributed by atoms with Gasteiger partial charge in [0.15, 0.2) is 0 Å². The van der Waals surface area contributed by atoms with Crippen LogP contribution in [0, 0.1) is 0 Å². The van der Waals surface area contributed by atoms with Crippen molar-refractivity contribution < 1.29 is 5.11 Å². The lowest BCUT2D eigenvalue weighted by Gasteiger charge is -2.04. The Morgan fingerprint density at radius 3 is 3.00 bits per heavy atom. The van der Waals surface area contributed by atoms with Crippen LogP contribution in [0.15, 0.2) is 18.2 Å². The molecule has 0 aliphatic carbocycles. The van der Waals surface area contributed by atoms with Crippen molar-refractivity contribution in [3.05, 3.63) is 18.2 Å². The highest BCUT2D eigenvalue weighted by atomic mass is 16.3. The van der Waals surface area contributed by atoms with Crippen molar-refractivity contribution in [3.63, 3.8) is 0 Å². The molecular formula is C9H12N4O. The molecule has 0 saturated carbocycles. The number of hydrazine groups is 1. The Morgan fingerprint density at radius 1 is 1.57 bits per heavy atom. The van der Waals surface area contributed by atoms with Crippen LogP contribution < -0.4 is 11.3 Å². The fourth-order valence-corrected chi connectivity index (χ4v) is 1.58. The second-order valence-corrected chi connectivity index (χ2v) is 2.97. The van der Waals surface area contributed by atoms with E-state index in [-0.39, 0.29) is 5.75 Å². The molecule has 0 saturated heterocycles. The number of anilines is 1. The number of aromatic hydroxyl groups is 1. The molecule has 1 aromatic carbocycles. The summed E-state index contributed by atoms with van der Waals surface area (Å²) < 4.78 is 1.82.